The lowest BCUT2D eigenvalue weighted by Crippen LogP contribution is -2.55. The summed E-state index contributed by atoms with van der Waals surface area (Å²) in [6.45, 7) is 11.2. The normalized spacial score (nSPS) is 32.1. The zero-order chi connectivity index (χ0) is 12.4. The van der Waals surface area contributed by atoms with Crippen LogP contribution in [0.2, 0.25) is 0 Å². The van der Waals surface area contributed by atoms with Crippen LogP contribution in [0.15, 0.2) is 0 Å². The first-order chi connectivity index (χ1) is 7.29. The fraction of sp³-hybridized carbons (Fsp3) is 1.00. The molecule has 2 heteroatoms. The minimum Gasteiger partial charge on any atom is -0.329 e. The van der Waals surface area contributed by atoms with Crippen molar-refractivity contribution >= 4 is 0 Å². The standard InChI is InChI=1S/C14H30N2/c1-12-6-8-14(10-15,9-7-12)16(5)11-13(2,3)4/h12H,6-11,15H2,1-5H3. The fourth-order valence-electron chi connectivity index (χ4n) is 2.92. The van der Waals surface area contributed by atoms with Crippen LogP contribution in [0.3, 0.4) is 0 Å². The van der Waals surface area contributed by atoms with Crippen molar-refractivity contribution in [3.8, 4) is 0 Å². The molecule has 0 atom stereocenters. The predicted octanol–water partition coefficient (Wildman–Crippen LogP) is 2.87. The first kappa shape index (κ1) is 14.0. The molecule has 1 saturated carbocycles. The van der Waals surface area contributed by atoms with Crippen molar-refractivity contribution in [2.45, 2.75) is 58.9 Å². The lowest BCUT2D eigenvalue weighted by Gasteiger charge is -2.47. The molecule has 0 unspecified atom stereocenters. The maximum absolute atomic E-state index is 6.06. The predicted molar refractivity (Wildman–Crippen MR) is 71.5 cm³/mol. The van der Waals surface area contributed by atoms with Crippen LogP contribution in [0.4, 0.5) is 0 Å². The number of hydrogen-bond donors (Lipinski definition) is 1. The smallest absolute Gasteiger partial charge is 0.0329 e. The minimum absolute atomic E-state index is 0.278. The molecule has 2 nitrogen and oxygen atoms in total. The van der Waals surface area contributed by atoms with Crippen molar-refractivity contribution < 1.29 is 0 Å². The summed E-state index contributed by atoms with van der Waals surface area (Å²) in [5.41, 5.74) is 6.70. The van der Waals surface area contributed by atoms with E-state index in [0.717, 1.165) is 19.0 Å². The number of nitrogens with two attached hydrogens (primary N) is 1. The van der Waals surface area contributed by atoms with Gasteiger partial charge in [-0.15, -0.1) is 0 Å². The monoisotopic (exact) mass is 226 g/mol. The van der Waals surface area contributed by atoms with E-state index in [-0.39, 0.29) is 5.54 Å². The third kappa shape index (κ3) is 3.46. The second-order valence-corrected chi connectivity index (χ2v) is 7.03. The van der Waals surface area contributed by atoms with E-state index in [1.54, 1.807) is 0 Å². The quantitative estimate of drug-likeness (QED) is 0.802. The molecule has 2 N–H and O–H groups in total. The Labute approximate surface area is 102 Å². The molecule has 0 heterocycles. The van der Waals surface area contributed by atoms with Crippen LogP contribution >= 0.6 is 0 Å². The molecule has 96 valence electrons. The summed E-state index contributed by atoms with van der Waals surface area (Å²) >= 11 is 0. The molecule has 1 rings (SSSR count). The molecule has 0 saturated heterocycles. The van der Waals surface area contributed by atoms with Crippen LogP contribution in [0.5, 0.6) is 0 Å². The Morgan fingerprint density at radius 2 is 1.75 bits per heavy atom. The second kappa shape index (κ2) is 5.05. The minimum atomic E-state index is 0.278. The molecule has 1 aliphatic rings. The zero-order valence-electron chi connectivity index (χ0n) is 11.8. The summed E-state index contributed by atoms with van der Waals surface area (Å²) in [6, 6.07) is 0. The maximum atomic E-state index is 6.06. The van der Waals surface area contributed by atoms with Gasteiger partial charge in [-0.05, 0) is 44.1 Å². The SMILES string of the molecule is CC1CCC(CN)(N(C)CC(C)(C)C)CC1. The highest BCUT2D eigenvalue weighted by atomic mass is 15.2. The summed E-state index contributed by atoms with van der Waals surface area (Å²) < 4.78 is 0. The van der Waals surface area contributed by atoms with Crippen LogP contribution in [0.25, 0.3) is 0 Å². The number of nitrogens with zero attached hydrogens (tertiary/aromatic N) is 1. The number of hydrogen-bond acceptors (Lipinski definition) is 2. The fourth-order valence-corrected chi connectivity index (χ4v) is 2.92. The van der Waals surface area contributed by atoms with Crippen LogP contribution in [-0.4, -0.2) is 30.6 Å². The highest BCUT2D eigenvalue weighted by molar-refractivity contribution is 4.95. The van der Waals surface area contributed by atoms with E-state index in [0.29, 0.717) is 5.41 Å². The van der Waals surface area contributed by atoms with Crippen molar-refractivity contribution in [3.63, 3.8) is 0 Å². The third-order valence-electron chi connectivity index (χ3n) is 4.11. The highest BCUT2D eigenvalue weighted by Crippen LogP contribution is 2.36. The van der Waals surface area contributed by atoms with Crippen molar-refractivity contribution in [2.24, 2.45) is 17.1 Å². The van der Waals surface area contributed by atoms with E-state index in [9.17, 15) is 0 Å². The summed E-state index contributed by atoms with van der Waals surface area (Å²) in [4.78, 5) is 2.53. The summed E-state index contributed by atoms with van der Waals surface area (Å²) in [7, 11) is 2.26. The van der Waals surface area contributed by atoms with E-state index in [1.807, 2.05) is 0 Å². The molecule has 0 bridgehead atoms. The Kier molecular flexibility index (Phi) is 4.42. The molecule has 1 aliphatic carbocycles. The highest BCUT2D eigenvalue weighted by Gasteiger charge is 2.37. The van der Waals surface area contributed by atoms with E-state index >= 15 is 0 Å². The molecule has 0 aromatic carbocycles. The van der Waals surface area contributed by atoms with Crippen molar-refractivity contribution in [1.29, 1.82) is 0 Å². The summed E-state index contributed by atoms with van der Waals surface area (Å²) in [5.74, 6) is 0.891. The Hall–Kier alpha value is -0.0800. The van der Waals surface area contributed by atoms with Crippen LogP contribution in [0, 0.1) is 11.3 Å². The van der Waals surface area contributed by atoms with E-state index in [2.05, 4.69) is 39.6 Å². The molecular weight excluding hydrogens is 196 g/mol. The van der Waals surface area contributed by atoms with Crippen LogP contribution in [0.1, 0.15) is 53.4 Å². The number of likely N-dealkylation sites (N-methyl/N-ethyl adjacent to an activating group) is 1. The third-order valence-corrected chi connectivity index (χ3v) is 4.11. The van der Waals surface area contributed by atoms with Gasteiger partial charge >= 0.3 is 0 Å². The summed E-state index contributed by atoms with van der Waals surface area (Å²) in [5, 5.41) is 0. The molecule has 0 spiro atoms. The molecule has 0 radical (unpaired) electrons. The molecule has 1 fully saturated rings. The van der Waals surface area contributed by atoms with Crippen LogP contribution < -0.4 is 5.73 Å². The Morgan fingerprint density at radius 3 is 2.12 bits per heavy atom. The molecule has 0 aromatic heterocycles. The van der Waals surface area contributed by atoms with Gasteiger partial charge in [-0.25, -0.2) is 0 Å². The van der Waals surface area contributed by atoms with Crippen molar-refractivity contribution in [3.05, 3.63) is 0 Å². The Morgan fingerprint density at radius 1 is 1.25 bits per heavy atom. The Bertz CT molecular complexity index is 209. The van der Waals surface area contributed by atoms with Gasteiger partial charge in [0.2, 0.25) is 0 Å². The average molecular weight is 226 g/mol. The van der Waals surface area contributed by atoms with E-state index in [1.165, 1.54) is 25.7 Å². The molecule has 0 amide bonds. The van der Waals surface area contributed by atoms with Gasteiger partial charge in [0.15, 0.2) is 0 Å². The lowest BCUT2D eigenvalue weighted by molar-refractivity contribution is 0.0422. The van der Waals surface area contributed by atoms with Gasteiger partial charge in [0.25, 0.3) is 0 Å². The second-order valence-electron chi connectivity index (χ2n) is 7.03. The van der Waals surface area contributed by atoms with E-state index in [4.69, 9.17) is 5.73 Å². The topological polar surface area (TPSA) is 29.3 Å². The molecular formula is C14H30N2. The van der Waals surface area contributed by atoms with Gasteiger partial charge < -0.3 is 5.73 Å². The van der Waals surface area contributed by atoms with Gasteiger partial charge in [-0.2, -0.15) is 0 Å². The molecule has 16 heavy (non-hydrogen) atoms. The number of rotatable bonds is 3. The van der Waals surface area contributed by atoms with E-state index < -0.39 is 0 Å². The maximum Gasteiger partial charge on any atom is 0.0329 e. The van der Waals surface area contributed by atoms with Gasteiger partial charge in [0.05, 0.1) is 0 Å². The Balaban J connectivity index is 2.65. The molecule has 0 aromatic rings. The van der Waals surface area contributed by atoms with Crippen molar-refractivity contribution in [2.75, 3.05) is 20.1 Å². The van der Waals surface area contributed by atoms with Gasteiger partial charge in [0, 0.05) is 18.6 Å². The largest absolute Gasteiger partial charge is 0.329 e. The van der Waals surface area contributed by atoms with Crippen LogP contribution in [-0.2, 0) is 0 Å². The van der Waals surface area contributed by atoms with Gasteiger partial charge in [-0.3, -0.25) is 4.90 Å². The molecule has 0 aliphatic heterocycles. The zero-order valence-corrected chi connectivity index (χ0v) is 11.8. The first-order valence-corrected chi connectivity index (χ1v) is 6.70. The summed E-state index contributed by atoms with van der Waals surface area (Å²) in [6.07, 6.45) is 5.23. The average Bonchev–Trinajstić information content (AvgIpc) is 2.17. The first-order valence-electron chi connectivity index (χ1n) is 6.70. The van der Waals surface area contributed by atoms with Gasteiger partial charge in [0.1, 0.15) is 0 Å². The lowest BCUT2D eigenvalue weighted by atomic mass is 9.75. The van der Waals surface area contributed by atoms with Crippen molar-refractivity contribution in [1.82, 2.24) is 4.90 Å². The van der Waals surface area contributed by atoms with Gasteiger partial charge in [-0.1, -0.05) is 27.7 Å².